The summed E-state index contributed by atoms with van der Waals surface area (Å²) in [6.45, 7) is 3.51. The Hall–Kier alpha value is -3.66. The number of hydrogen-bond acceptors (Lipinski definition) is 5. The Kier molecular flexibility index (Phi) is 5.94. The number of benzene rings is 1. The highest BCUT2D eigenvalue weighted by molar-refractivity contribution is 7.92. The molecule has 4 aromatic rings. The Labute approximate surface area is 189 Å². The maximum Gasteiger partial charge on any atom is 0.232 e. The van der Waals surface area contributed by atoms with Crippen LogP contribution in [0.2, 0.25) is 0 Å². The van der Waals surface area contributed by atoms with Gasteiger partial charge in [-0.2, -0.15) is 0 Å². The lowest BCUT2D eigenvalue weighted by Crippen LogP contribution is -2.18. The number of carbonyl (C=O) groups is 1. The third-order valence-electron chi connectivity index (χ3n) is 5.08. The van der Waals surface area contributed by atoms with Gasteiger partial charge in [0.15, 0.2) is 5.82 Å². The van der Waals surface area contributed by atoms with Gasteiger partial charge in [-0.25, -0.2) is 22.2 Å². The second-order valence-corrected chi connectivity index (χ2v) is 9.39. The first-order chi connectivity index (χ1) is 15.7. The highest BCUT2D eigenvalue weighted by atomic mass is 32.2. The number of aryl methyl sites for hydroxylation is 1. The highest BCUT2D eigenvalue weighted by Gasteiger charge is 2.26. The molecule has 33 heavy (non-hydrogen) atoms. The van der Waals surface area contributed by atoms with Crippen LogP contribution in [0.4, 0.5) is 14.5 Å². The van der Waals surface area contributed by atoms with Crippen LogP contribution in [0.1, 0.15) is 35.0 Å². The second kappa shape index (κ2) is 8.70. The van der Waals surface area contributed by atoms with Crippen molar-refractivity contribution in [3.8, 4) is 11.1 Å². The average molecular weight is 471 g/mol. The second-order valence-electron chi connectivity index (χ2n) is 7.54. The molecular weight excluding hydrogens is 450 g/mol. The molecule has 1 aromatic carbocycles. The molecule has 3 aromatic heterocycles. The molecule has 0 bridgehead atoms. The number of aromatic amines is 1. The van der Waals surface area contributed by atoms with Gasteiger partial charge in [-0.05, 0) is 37.6 Å². The minimum atomic E-state index is -3.84. The number of aromatic nitrogens is 3. The lowest BCUT2D eigenvalue weighted by Gasteiger charge is -2.11. The predicted octanol–water partition coefficient (Wildman–Crippen LogP) is 4.59. The van der Waals surface area contributed by atoms with Crippen molar-refractivity contribution in [2.24, 2.45) is 0 Å². The minimum Gasteiger partial charge on any atom is -0.345 e. The predicted molar refractivity (Wildman–Crippen MR) is 122 cm³/mol. The first-order valence-corrected chi connectivity index (χ1v) is 11.8. The lowest BCUT2D eigenvalue weighted by atomic mass is 10.00. The van der Waals surface area contributed by atoms with Crippen molar-refractivity contribution in [1.82, 2.24) is 15.0 Å². The maximum atomic E-state index is 15.1. The molecule has 0 saturated heterocycles. The molecule has 0 aliphatic heterocycles. The number of anilines is 1. The molecule has 4 rings (SSSR count). The van der Waals surface area contributed by atoms with E-state index in [2.05, 4.69) is 19.7 Å². The monoisotopic (exact) mass is 470 g/mol. The Morgan fingerprint density at radius 2 is 1.85 bits per heavy atom. The Balaban J connectivity index is 1.78. The number of ketones is 1. The van der Waals surface area contributed by atoms with Crippen molar-refractivity contribution >= 4 is 32.5 Å². The minimum absolute atomic E-state index is 0.00536. The molecule has 7 nitrogen and oxygen atoms in total. The Bertz CT molecular complexity index is 1470. The van der Waals surface area contributed by atoms with Gasteiger partial charge in [0.1, 0.15) is 11.5 Å². The summed E-state index contributed by atoms with van der Waals surface area (Å²) in [5.74, 6) is -3.55. The average Bonchev–Trinajstić information content (AvgIpc) is 3.19. The molecule has 0 aliphatic rings. The molecule has 170 valence electrons. The third kappa shape index (κ3) is 4.47. The number of nitrogens with zero attached hydrogens (tertiary/aromatic N) is 2. The largest absolute Gasteiger partial charge is 0.345 e. The summed E-state index contributed by atoms with van der Waals surface area (Å²) in [7, 11) is -3.84. The normalized spacial score (nSPS) is 11.6. The summed E-state index contributed by atoms with van der Waals surface area (Å²) in [4.78, 5) is 24.6. The zero-order valence-electron chi connectivity index (χ0n) is 17.8. The fraction of sp³-hybridized carbons (Fsp3) is 0.174. The number of sulfonamides is 1. The fourth-order valence-corrected chi connectivity index (χ4v) is 4.58. The number of carbonyl (C=O) groups excluding carboxylic acids is 1. The van der Waals surface area contributed by atoms with Crippen LogP contribution >= 0.6 is 0 Å². The van der Waals surface area contributed by atoms with E-state index in [9.17, 15) is 17.6 Å². The van der Waals surface area contributed by atoms with Gasteiger partial charge in [0.25, 0.3) is 0 Å². The fourth-order valence-electron chi connectivity index (χ4n) is 3.45. The van der Waals surface area contributed by atoms with Crippen molar-refractivity contribution in [2.75, 3.05) is 10.5 Å². The van der Waals surface area contributed by atoms with Crippen molar-refractivity contribution in [1.29, 1.82) is 0 Å². The molecule has 0 unspecified atom stereocenters. The molecule has 10 heteroatoms. The number of halogens is 2. The van der Waals surface area contributed by atoms with E-state index in [0.717, 1.165) is 23.4 Å². The summed E-state index contributed by atoms with van der Waals surface area (Å²) in [5.41, 5.74) is 1.30. The van der Waals surface area contributed by atoms with Gasteiger partial charge < -0.3 is 4.98 Å². The molecule has 0 saturated carbocycles. The molecule has 0 atom stereocenters. The molecule has 3 heterocycles. The van der Waals surface area contributed by atoms with Gasteiger partial charge in [0.2, 0.25) is 15.8 Å². The van der Waals surface area contributed by atoms with Gasteiger partial charge in [0.05, 0.1) is 17.0 Å². The van der Waals surface area contributed by atoms with E-state index in [1.165, 1.54) is 6.20 Å². The quantitative estimate of drug-likeness (QED) is 0.384. The molecule has 0 spiro atoms. The van der Waals surface area contributed by atoms with Gasteiger partial charge in [-0.3, -0.25) is 14.5 Å². The number of nitrogens with one attached hydrogen (secondary N) is 2. The zero-order chi connectivity index (χ0) is 23.8. The van der Waals surface area contributed by atoms with E-state index in [1.54, 1.807) is 25.4 Å². The number of H-pyrrole nitrogens is 1. The van der Waals surface area contributed by atoms with Crippen molar-refractivity contribution in [3.05, 3.63) is 77.4 Å². The van der Waals surface area contributed by atoms with Crippen LogP contribution in [-0.4, -0.2) is 34.9 Å². The summed E-state index contributed by atoms with van der Waals surface area (Å²) in [5, 5.41) is 0.369. The summed E-state index contributed by atoms with van der Waals surface area (Å²) < 4.78 is 55.8. The molecule has 0 radical (unpaired) electrons. The van der Waals surface area contributed by atoms with Crippen LogP contribution in [0, 0.1) is 18.6 Å². The topological polar surface area (TPSA) is 105 Å². The van der Waals surface area contributed by atoms with E-state index in [1.807, 2.05) is 19.1 Å². The van der Waals surface area contributed by atoms with Crippen molar-refractivity contribution in [2.45, 2.75) is 20.3 Å². The first kappa shape index (κ1) is 22.5. The highest BCUT2D eigenvalue weighted by Crippen LogP contribution is 2.29. The number of pyridine rings is 2. The number of hydrogen-bond donors (Lipinski definition) is 2. The van der Waals surface area contributed by atoms with E-state index in [4.69, 9.17) is 0 Å². The van der Waals surface area contributed by atoms with E-state index >= 15 is 4.39 Å². The van der Waals surface area contributed by atoms with Crippen LogP contribution in [0.3, 0.4) is 0 Å². The number of fused-ring (bicyclic) bond motifs is 1. The molecular formula is C23H20F2N4O3S. The summed E-state index contributed by atoms with van der Waals surface area (Å²) in [6.07, 6.45) is 4.90. The van der Waals surface area contributed by atoms with E-state index in [-0.39, 0.29) is 11.3 Å². The standard InChI is InChI=1S/C23H20F2N4O3S/c1-3-8-33(31,32)29-19-7-6-18(24)20(21(19)25)22(30)17-12-28-23-16(17)9-15(11-27-23)14-5-4-13(2)26-10-14/h4-7,9-12,29H,3,8H2,1-2H3,(H,27,28). The van der Waals surface area contributed by atoms with Gasteiger partial charge >= 0.3 is 0 Å². The summed E-state index contributed by atoms with van der Waals surface area (Å²) in [6, 6.07) is 7.18. The van der Waals surface area contributed by atoms with Crippen LogP contribution < -0.4 is 4.72 Å². The summed E-state index contributed by atoms with van der Waals surface area (Å²) >= 11 is 0. The van der Waals surface area contributed by atoms with Crippen LogP contribution in [0.15, 0.2) is 48.9 Å². The molecule has 0 aliphatic carbocycles. The van der Waals surface area contributed by atoms with Gasteiger partial charge in [-0.15, -0.1) is 0 Å². The Morgan fingerprint density at radius 3 is 2.55 bits per heavy atom. The molecule has 0 fully saturated rings. The van der Waals surface area contributed by atoms with E-state index in [0.29, 0.717) is 23.0 Å². The van der Waals surface area contributed by atoms with Crippen LogP contribution in [-0.2, 0) is 10.0 Å². The SMILES string of the molecule is CCCS(=O)(=O)Nc1ccc(F)c(C(=O)c2c[nH]c3ncc(-c4ccc(C)nc4)cc23)c1F. The van der Waals surface area contributed by atoms with Crippen LogP contribution in [0.25, 0.3) is 22.2 Å². The number of rotatable bonds is 7. The third-order valence-corrected chi connectivity index (χ3v) is 6.55. The van der Waals surface area contributed by atoms with Gasteiger partial charge in [-0.1, -0.05) is 13.0 Å². The molecule has 2 N–H and O–H groups in total. The van der Waals surface area contributed by atoms with Crippen molar-refractivity contribution in [3.63, 3.8) is 0 Å². The maximum absolute atomic E-state index is 15.1. The lowest BCUT2D eigenvalue weighted by molar-refractivity contribution is 0.103. The zero-order valence-corrected chi connectivity index (χ0v) is 18.6. The smallest absolute Gasteiger partial charge is 0.232 e. The first-order valence-electron chi connectivity index (χ1n) is 10.1. The van der Waals surface area contributed by atoms with Gasteiger partial charge in [0, 0.05) is 46.4 Å². The van der Waals surface area contributed by atoms with E-state index < -0.39 is 38.7 Å². The molecule has 0 amide bonds. The Morgan fingerprint density at radius 1 is 1.09 bits per heavy atom. The van der Waals surface area contributed by atoms with Crippen molar-refractivity contribution < 1.29 is 22.0 Å². The van der Waals surface area contributed by atoms with Crippen LogP contribution in [0.5, 0.6) is 0 Å².